The van der Waals surface area contributed by atoms with Gasteiger partial charge in [0.25, 0.3) is 5.56 Å². The van der Waals surface area contributed by atoms with Crippen LogP contribution in [0.3, 0.4) is 0 Å². The summed E-state index contributed by atoms with van der Waals surface area (Å²) in [6, 6.07) is -0.0410. The van der Waals surface area contributed by atoms with Crippen molar-refractivity contribution in [3.63, 3.8) is 0 Å². The number of rotatable bonds is 3. The van der Waals surface area contributed by atoms with Gasteiger partial charge < -0.3 is 10.7 Å². The predicted octanol–water partition coefficient (Wildman–Crippen LogP) is -0.349. The van der Waals surface area contributed by atoms with Gasteiger partial charge in [-0.25, -0.2) is 4.79 Å². The third-order valence-corrected chi connectivity index (χ3v) is 2.25. The van der Waals surface area contributed by atoms with E-state index in [0.29, 0.717) is 17.7 Å². The molecule has 0 bridgehead atoms. The fourth-order valence-electron chi connectivity index (χ4n) is 1.28. The van der Waals surface area contributed by atoms with Crippen LogP contribution in [0, 0.1) is 6.92 Å². The van der Waals surface area contributed by atoms with Crippen LogP contribution in [0.25, 0.3) is 0 Å². The average Bonchev–Trinajstić information content (AvgIpc) is 2.10. The van der Waals surface area contributed by atoms with E-state index in [9.17, 15) is 9.59 Å². The van der Waals surface area contributed by atoms with Crippen molar-refractivity contribution in [2.75, 3.05) is 0 Å². The SMILES string of the molecule is CCC(N)Cc1c(C)[nH]c(=O)[nH]c1=O. The number of H-pyrrole nitrogens is 2. The van der Waals surface area contributed by atoms with Crippen molar-refractivity contribution < 1.29 is 0 Å². The minimum Gasteiger partial charge on any atom is -0.327 e. The van der Waals surface area contributed by atoms with Gasteiger partial charge in [0.1, 0.15) is 0 Å². The molecule has 0 saturated carbocycles. The molecule has 0 aliphatic heterocycles. The molecule has 5 heteroatoms. The van der Waals surface area contributed by atoms with E-state index in [2.05, 4.69) is 9.97 Å². The zero-order chi connectivity index (χ0) is 10.7. The second-order valence-corrected chi connectivity index (χ2v) is 3.38. The smallest absolute Gasteiger partial charge is 0.325 e. The molecule has 1 atom stereocenters. The standard InChI is InChI=1S/C9H15N3O2/c1-3-6(10)4-7-5(2)11-9(14)12-8(7)13/h6H,3-4,10H2,1-2H3,(H2,11,12,13,14). The molecule has 1 heterocycles. The summed E-state index contributed by atoms with van der Waals surface area (Å²) in [4.78, 5) is 27.0. The molecular weight excluding hydrogens is 182 g/mol. The zero-order valence-corrected chi connectivity index (χ0v) is 8.39. The quantitative estimate of drug-likeness (QED) is 0.618. The first-order chi connectivity index (χ1) is 6.54. The zero-order valence-electron chi connectivity index (χ0n) is 8.39. The number of aryl methyl sites for hydroxylation is 1. The Labute approximate surface area is 81.4 Å². The summed E-state index contributed by atoms with van der Waals surface area (Å²) >= 11 is 0. The Balaban J connectivity index is 3.09. The van der Waals surface area contributed by atoms with Crippen LogP contribution in [0.15, 0.2) is 9.59 Å². The van der Waals surface area contributed by atoms with Gasteiger partial charge in [-0.05, 0) is 19.8 Å². The van der Waals surface area contributed by atoms with Gasteiger partial charge in [-0.15, -0.1) is 0 Å². The van der Waals surface area contributed by atoms with E-state index in [-0.39, 0.29) is 11.6 Å². The fraction of sp³-hybridized carbons (Fsp3) is 0.556. The summed E-state index contributed by atoms with van der Waals surface area (Å²) in [6.07, 6.45) is 1.30. The molecular formula is C9H15N3O2. The van der Waals surface area contributed by atoms with Crippen molar-refractivity contribution in [3.05, 3.63) is 32.1 Å². The fourth-order valence-corrected chi connectivity index (χ4v) is 1.28. The lowest BCUT2D eigenvalue weighted by Crippen LogP contribution is -2.31. The van der Waals surface area contributed by atoms with E-state index >= 15 is 0 Å². The highest BCUT2D eigenvalue weighted by atomic mass is 16.2. The molecule has 14 heavy (non-hydrogen) atoms. The van der Waals surface area contributed by atoms with Gasteiger partial charge in [-0.2, -0.15) is 0 Å². The molecule has 0 aromatic carbocycles. The lowest BCUT2D eigenvalue weighted by atomic mass is 10.1. The van der Waals surface area contributed by atoms with E-state index in [1.165, 1.54) is 0 Å². The number of hydrogen-bond donors (Lipinski definition) is 3. The minimum absolute atomic E-state index is 0.0410. The Bertz CT molecular complexity index is 419. The molecule has 0 aliphatic rings. The van der Waals surface area contributed by atoms with Crippen LogP contribution in [0.5, 0.6) is 0 Å². The lowest BCUT2D eigenvalue weighted by molar-refractivity contribution is 0.636. The van der Waals surface area contributed by atoms with Gasteiger partial charge in [0.15, 0.2) is 0 Å². The number of nitrogens with one attached hydrogen (secondary N) is 2. The van der Waals surface area contributed by atoms with Crippen molar-refractivity contribution in [1.82, 2.24) is 9.97 Å². The highest BCUT2D eigenvalue weighted by Gasteiger charge is 2.09. The maximum Gasteiger partial charge on any atom is 0.325 e. The second kappa shape index (κ2) is 4.23. The van der Waals surface area contributed by atoms with E-state index in [0.717, 1.165) is 6.42 Å². The molecule has 0 spiro atoms. The van der Waals surface area contributed by atoms with Gasteiger partial charge in [-0.1, -0.05) is 6.92 Å². The van der Waals surface area contributed by atoms with Crippen molar-refractivity contribution in [2.45, 2.75) is 32.7 Å². The molecule has 0 radical (unpaired) electrons. The van der Waals surface area contributed by atoms with E-state index in [1.807, 2.05) is 6.92 Å². The predicted molar refractivity (Wildman–Crippen MR) is 54.4 cm³/mol. The molecule has 5 nitrogen and oxygen atoms in total. The van der Waals surface area contributed by atoms with Crippen LogP contribution in [0.4, 0.5) is 0 Å². The number of aromatic nitrogens is 2. The maximum atomic E-state index is 11.4. The van der Waals surface area contributed by atoms with Gasteiger partial charge >= 0.3 is 5.69 Å². The van der Waals surface area contributed by atoms with Crippen LogP contribution in [0.1, 0.15) is 24.6 Å². The number of nitrogens with two attached hydrogens (primary N) is 1. The normalized spacial score (nSPS) is 12.8. The van der Waals surface area contributed by atoms with Gasteiger partial charge in [0.2, 0.25) is 0 Å². The summed E-state index contributed by atoms with van der Waals surface area (Å²) in [7, 11) is 0. The molecule has 1 unspecified atom stereocenters. The highest BCUT2D eigenvalue weighted by Crippen LogP contribution is 2.00. The van der Waals surface area contributed by atoms with E-state index in [4.69, 9.17) is 5.73 Å². The van der Waals surface area contributed by atoms with Gasteiger partial charge in [-0.3, -0.25) is 9.78 Å². The van der Waals surface area contributed by atoms with Crippen LogP contribution < -0.4 is 17.0 Å². The van der Waals surface area contributed by atoms with Crippen LogP contribution in [0.2, 0.25) is 0 Å². The Morgan fingerprint density at radius 2 is 2.00 bits per heavy atom. The third-order valence-electron chi connectivity index (χ3n) is 2.25. The monoisotopic (exact) mass is 197 g/mol. The molecule has 1 aromatic heterocycles. The van der Waals surface area contributed by atoms with Crippen molar-refractivity contribution in [2.24, 2.45) is 5.73 Å². The average molecular weight is 197 g/mol. The van der Waals surface area contributed by atoms with Crippen LogP contribution >= 0.6 is 0 Å². The third kappa shape index (κ3) is 2.32. The van der Waals surface area contributed by atoms with Crippen molar-refractivity contribution >= 4 is 0 Å². The van der Waals surface area contributed by atoms with Gasteiger partial charge in [0, 0.05) is 17.3 Å². The first kappa shape index (κ1) is 10.7. The first-order valence-corrected chi connectivity index (χ1v) is 4.62. The van der Waals surface area contributed by atoms with Gasteiger partial charge in [0.05, 0.1) is 0 Å². The molecule has 0 amide bonds. The number of hydrogen-bond acceptors (Lipinski definition) is 3. The molecule has 78 valence electrons. The summed E-state index contributed by atoms with van der Waals surface area (Å²) in [5, 5.41) is 0. The first-order valence-electron chi connectivity index (χ1n) is 4.62. The molecule has 0 fully saturated rings. The molecule has 4 N–H and O–H groups in total. The van der Waals surface area contributed by atoms with Crippen molar-refractivity contribution in [1.29, 1.82) is 0 Å². The number of aromatic amines is 2. The van der Waals surface area contributed by atoms with E-state index < -0.39 is 5.69 Å². The Morgan fingerprint density at radius 1 is 1.36 bits per heavy atom. The maximum absolute atomic E-state index is 11.4. The largest absolute Gasteiger partial charge is 0.327 e. The second-order valence-electron chi connectivity index (χ2n) is 3.38. The summed E-state index contributed by atoms with van der Waals surface area (Å²) in [5.41, 5.74) is 6.10. The Morgan fingerprint density at radius 3 is 2.50 bits per heavy atom. The highest BCUT2D eigenvalue weighted by molar-refractivity contribution is 5.15. The van der Waals surface area contributed by atoms with Crippen LogP contribution in [-0.4, -0.2) is 16.0 Å². The summed E-state index contributed by atoms with van der Waals surface area (Å²) in [6.45, 7) is 3.66. The molecule has 1 rings (SSSR count). The topological polar surface area (TPSA) is 91.7 Å². The van der Waals surface area contributed by atoms with Crippen LogP contribution in [-0.2, 0) is 6.42 Å². The molecule has 0 saturated heterocycles. The van der Waals surface area contributed by atoms with Crippen molar-refractivity contribution in [3.8, 4) is 0 Å². The summed E-state index contributed by atoms with van der Waals surface area (Å²) < 4.78 is 0. The Hall–Kier alpha value is -1.36. The Kier molecular flexibility index (Phi) is 3.24. The molecule has 1 aromatic rings. The molecule has 0 aliphatic carbocycles. The minimum atomic E-state index is -0.471. The lowest BCUT2D eigenvalue weighted by Gasteiger charge is -2.09. The summed E-state index contributed by atoms with van der Waals surface area (Å²) in [5.74, 6) is 0. The van der Waals surface area contributed by atoms with E-state index in [1.54, 1.807) is 6.92 Å².